The van der Waals surface area contributed by atoms with Gasteiger partial charge in [-0.3, -0.25) is 4.79 Å². The van der Waals surface area contributed by atoms with Gasteiger partial charge in [-0.2, -0.15) is 0 Å². The Morgan fingerprint density at radius 2 is 2.05 bits per heavy atom. The number of carbonyl (C=O) groups is 1. The van der Waals surface area contributed by atoms with Crippen molar-refractivity contribution in [3.63, 3.8) is 0 Å². The van der Waals surface area contributed by atoms with Gasteiger partial charge in [0.25, 0.3) is 0 Å². The average molecular weight is 316 g/mol. The summed E-state index contributed by atoms with van der Waals surface area (Å²) in [7, 11) is 0. The van der Waals surface area contributed by atoms with E-state index in [9.17, 15) is 4.79 Å². The van der Waals surface area contributed by atoms with E-state index in [2.05, 4.69) is 5.32 Å². The van der Waals surface area contributed by atoms with Crippen LogP contribution in [0.3, 0.4) is 0 Å². The lowest BCUT2D eigenvalue weighted by atomic mass is 9.90. The summed E-state index contributed by atoms with van der Waals surface area (Å²) in [6.07, 6.45) is 3.77. The van der Waals surface area contributed by atoms with Crippen molar-refractivity contribution in [3.05, 3.63) is 39.9 Å². The van der Waals surface area contributed by atoms with E-state index in [-0.39, 0.29) is 17.9 Å². The molecule has 110 valence electrons. The topological polar surface area (TPSA) is 49.3 Å². The zero-order chi connectivity index (χ0) is 15.2. The van der Waals surface area contributed by atoms with Gasteiger partial charge in [-0.15, -0.1) is 0 Å². The monoisotopic (exact) mass is 315 g/mol. The lowest BCUT2D eigenvalue weighted by Gasteiger charge is -2.23. The molecule has 2 N–H and O–H groups in total. The Balaban J connectivity index is 2.53. The largest absolute Gasteiger partial charge is 0.396 e. The lowest BCUT2D eigenvalue weighted by Crippen LogP contribution is -2.33. The maximum atomic E-state index is 11.7. The van der Waals surface area contributed by atoms with E-state index in [1.165, 1.54) is 6.08 Å². The molecule has 0 aliphatic heterocycles. The molecule has 0 aliphatic rings. The second-order valence-electron chi connectivity index (χ2n) is 5.36. The molecule has 1 rings (SSSR count). The zero-order valence-corrected chi connectivity index (χ0v) is 13.1. The maximum Gasteiger partial charge on any atom is 0.244 e. The fourth-order valence-electron chi connectivity index (χ4n) is 1.56. The van der Waals surface area contributed by atoms with Gasteiger partial charge in [0.1, 0.15) is 0 Å². The Bertz CT molecular complexity index is 499. The minimum absolute atomic E-state index is 0.113. The summed E-state index contributed by atoms with van der Waals surface area (Å²) in [6.45, 7) is 4.61. The number of benzene rings is 1. The van der Waals surface area contributed by atoms with E-state index in [4.69, 9.17) is 28.3 Å². The SMILES string of the molecule is CC(C)(CCO)CNC(=O)/C=C/c1ccc(Cl)c(Cl)c1. The third-order valence-corrected chi connectivity index (χ3v) is 3.64. The van der Waals surface area contributed by atoms with Crippen LogP contribution >= 0.6 is 23.2 Å². The Labute approximate surface area is 129 Å². The van der Waals surface area contributed by atoms with E-state index in [1.54, 1.807) is 24.3 Å². The fourth-order valence-corrected chi connectivity index (χ4v) is 1.87. The van der Waals surface area contributed by atoms with Gasteiger partial charge in [0.2, 0.25) is 5.91 Å². The molecule has 1 aromatic carbocycles. The van der Waals surface area contributed by atoms with Gasteiger partial charge < -0.3 is 10.4 Å². The third kappa shape index (κ3) is 5.95. The molecule has 0 saturated heterocycles. The number of hydrogen-bond acceptors (Lipinski definition) is 2. The van der Waals surface area contributed by atoms with Gasteiger partial charge >= 0.3 is 0 Å². The molecule has 0 heterocycles. The second kappa shape index (κ2) is 7.67. The summed E-state index contributed by atoms with van der Waals surface area (Å²) in [5.74, 6) is -0.179. The van der Waals surface area contributed by atoms with E-state index < -0.39 is 0 Å². The quantitative estimate of drug-likeness (QED) is 0.789. The summed E-state index contributed by atoms with van der Waals surface area (Å²) in [4.78, 5) is 11.7. The van der Waals surface area contributed by atoms with Crippen molar-refractivity contribution >= 4 is 35.2 Å². The number of aliphatic hydroxyl groups excluding tert-OH is 1. The van der Waals surface area contributed by atoms with Gasteiger partial charge in [-0.25, -0.2) is 0 Å². The number of nitrogens with one attached hydrogen (secondary N) is 1. The van der Waals surface area contributed by atoms with Gasteiger partial charge in [0, 0.05) is 19.2 Å². The maximum absolute atomic E-state index is 11.7. The first-order valence-corrected chi connectivity index (χ1v) is 7.11. The number of carbonyl (C=O) groups excluding carboxylic acids is 1. The van der Waals surface area contributed by atoms with E-state index >= 15 is 0 Å². The predicted molar refractivity (Wildman–Crippen MR) is 84.0 cm³/mol. The van der Waals surface area contributed by atoms with Crippen LogP contribution in [0, 0.1) is 5.41 Å². The van der Waals surface area contributed by atoms with Gasteiger partial charge in [0.05, 0.1) is 10.0 Å². The van der Waals surface area contributed by atoms with Crippen molar-refractivity contribution in [1.82, 2.24) is 5.32 Å². The van der Waals surface area contributed by atoms with Crippen molar-refractivity contribution in [2.45, 2.75) is 20.3 Å². The highest BCUT2D eigenvalue weighted by Gasteiger charge is 2.17. The highest BCUT2D eigenvalue weighted by Crippen LogP contribution is 2.23. The lowest BCUT2D eigenvalue weighted by molar-refractivity contribution is -0.116. The predicted octanol–water partition coefficient (Wildman–Crippen LogP) is 3.53. The van der Waals surface area contributed by atoms with Crippen LogP contribution < -0.4 is 5.32 Å². The molecule has 0 spiro atoms. The van der Waals surface area contributed by atoms with Gasteiger partial charge in [-0.1, -0.05) is 43.1 Å². The first-order valence-electron chi connectivity index (χ1n) is 6.36. The molecule has 0 radical (unpaired) electrons. The Hall–Kier alpha value is -1.03. The summed E-state index contributed by atoms with van der Waals surface area (Å²) in [5, 5.41) is 12.7. The van der Waals surface area contributed by atoms with Crippen molar-refractivity contribution in [1.29, 1.82) is 0 Å². The third-order valence-electron chi connectivity index (χ3n) is 2.90. The van der Waals surface area contributed by atoms with Crippen molar-refractivity contribution in [3.8, 4) is 0 Å². The van der Waals surface area contributed by atoms with Crippen molar-refractivity contribution < 1.29 is 9.90 Å². The highest BCUT2D eigenvalue weighted by molar-refractivity contribution is 6.42. The van der Waals surface area contributed by atoms with Crippen molar-refractivity contribution in [2.75, 3.05) is 13.2 Å². The number of rotatable bonds is 6. The van der Waals surface area contributed by atoms with Crippen LogP contribution in [0.25, 0.3) is 6.08 Å². The van der Waals surface area contributed by atoms with Crippen LogP contribution in [-0.2, 0) is 4.79 Å². The summed E-state index contributed by atoms with van der Waals surface area (Å²) in [6, 6.07) is 5.17. The van der Waals surface area contributed by atoms with Crippen LogP contribution in [0.1, 0.15) is 25.8 Å². The molecule has 0 aromatic heterocycles. The normalized spacial score (nSPS) is 11.8. The number of hydrogen-bond donors (Lipinski definition) is 2. The second-order valence-corrected chi connectivity index (χ2v) is 6.18. The molecule has 0 saturated carbocycles. The first kappa shape index (κ1) is 17.0. The van der Waals surface area contributed by atoms with E-state index in [0.717, 1.165) is 5.56 Å². The molecular formula is C15H19Cl2NO2. The molecule has 0 aliphatic carbocycles. The number of aliphatic hydroxyl groups is 1. The molecule has 0 fully saturated rings. The Morgan fingerprint density at radius 1 is 1.35 bits per heavy atom. The van der Waals surface area contributed by atoms with Crippen LogP contribution in [0.4, 0.5) is 0 Å². The highest BCUT2D eigenvalue weighted by atomic mass is 35.5. The number of amides is 1. The molecule has 3 nitrogen and oxygen atoms in total. The summed E-state index contributed by atoms with van der Waals surface area (Å²) >= 11 is 11.7. The van der Waals surface area contributed by atoms with Crippen LogP contribution in [0.2, 0.25) is 10.0 Å². The molecule has 1 aromatic rings. The van der Waals surface area contributed by atoms with E-state index in [1.807, 2.05) is 13.8 Å². The minimum atomic E-state index is -0.179. The number of halogens is 2. The van der Waals surface area contributed by atoms with E-state index in [0.29, 0.717) is 23.0 Å². The molecule has 20 heavy (non-hydrogen) atoms. The van der Waals surface area contributed by atoms with Crippen LogP contribution in [0.5, 0.6) is 0 Å². The van der Waals surface area contributed by atoms with Crippen molar-refractivity contribution in [2.24, 2.45) is 5.41 Å². The standard InChI is InChI=1S/C15H19Cl2NO2/c1-15(2,7-8-19)10-18-14(20)6-4-11-3-5-12(16)13(17)9-11/h3-6,9,19H,7-8,10H2,1-2H3,(H,18,20)/b6-4+. The van der Waals surface area contributed by atoms with Crippen LogP contribution in [-0.4, -0.2) is 24.2 Å². The molecule has 0 unspecified atom stereocenters. The average Bonchev–Trinajstić information content (AvgIpc) is 2.38. The smallest absolute Gasteiger partial charge is 0.244 e. The summed E-state index contributed by atoms with van der Waals surface area (Å²) in [5.41, 5.74) is 0.686. The zero-order valence-electron chi connectivity index (χ0n) is 11.6. The molecule has 0 atom stereocenters. The fraction of sp³-hybridized carbons (Fsp3) is 0.400. The van der Waals surface area contributed by atoms with Gasteiger partial charge in [-0.05, 0) is 35.6 Å². The Kier molecular flexibility index (Phi) is 6.53. The molecule has 1 amide bonds. The summed E-state index contributed by atoms with van der Waals surface area (Å²) < 4.78 is 0. The molecule has 5 heteroatoms. The molecular weight excluding hydrogens is 297 g/mol. The van der Waals surface area contributed by atoms with Crippen LogP contribution in [0.15, 0.2) is 24.3 Å². The minimum Gasteiger partial charge on any atom is -0.396 e. The first-order chi connectivity index (χ1) is 9.34. The van der Waals surface area contributed by atoms with Gasteiger partial charge in [0.15, 0.2) is 0 Å². The molecule has 0 bridgehead atoms. The Morgan fingerprint density at radius 3 is 2.65 bits per heavy atom.